The average molecular weight is 259 g/mol. The van der Waals surface area contributed by atoms with Gasteiger partial charge in [0.2, 0.25) is 0 Å². The molecule has 0 aliphatic carbocycles. The van der Waals surface area contributed by atoms with Crippen LogP contribution in [0.15, 0.2) is 18.2 Å². The summed E-state index contributed by atoms with van der Waals surface area (Å²) >= 11 is 5.78. The zero-order valence-corrected chi connectivity index (χ0v) is 9.86. The molecule has 0 aliphatic rings. The third kappa shape index (κ3) is 3.92. The number of halogens is 1. The molecule has 0 bridgehead atoms. The molecule has 0 atom stereocenters. The van der Waals surface area contributed by atoms with Gasteiger partial charge in [-0.25, -0.2) is 0 Å². The quantitative estimate of drug-likeness (QED) is 0.644. The summed E-state index contributed by atoms with van der Waals surface area (Å²) in [7, 11) is 0. The molecule has 1 aromatic rings. The van der Waals surface area contributed by atoms with E-state index >= 15 is 0 Å². The maximum absolute atomic E-state index is 11.1. The Morgan fingerprint density at radius 1 is 1.59 bits per heavy atom. The molecule has 1 N–H and O–H groups in total. The van der Waals surface area contributed by atoms with Crippen molar-refractivity contribution in [2.24, 2.45) is 0 Å². The van der Waals surface area contributed by atoms with Crippen LogP contribution in [-0.4, -0.2) is 24.0 Å². The molecule has 1 rings (SSSR count). The van der Waals surface area contributed by atoms with E-state index in [0.717, 1.165) is 0 Å². The third-order valence-electron chi connectivity index (χ3n) is 1.86. The second-order valence-electron chi connectivity index (χ2n) is 3.11. The Kier molecular flexibility index (Phi) is 4.71. The van der Waals surface area contributed by atoms with Gasteiger partial charge in [-0.1, -0.05) is 11.6 Å². The Morgan fingerprint density at radius 2 is 2.29 bits per heavy atom. The number of hydrogen-bond acceptors (Lipinski definition) is 4. The highest BCUT2D eigenvalue weighted by Crippen LogP contribution is 2.28. The second kappa shape index (κ2) is 6.05. The lowest BCUT2D eigenvalue weighted by molar-refractivity contribution is -0.384. The standard InChI is InChI=1S/C10H11ClN2O4/c1-2-12-10(14)6-17-9-5-7(13(15)16)3-4-8(9)11/h3-5H,2,6H2,1H3,(H,12,14). The first-order valence-electron chi connectivity index (χ1n) is 4.88. The fourth-order valence-electron chi connectivity index (χ4n) is 1.11. The molecule has 0 radical (unpaired) electrons. The lowest BCUT2D eigenvalue weighted by atomic mass is 10.3. The fourth-order valence-corrected chi connectivity index (χ4v) is 1.28. The average Bonchev–Trinajstić information content (AvgIpc) is 2.28. The van der Waals surface area contributed by atoms with Gasteiger partial charge in [0, 0.05) is 12.6 Å². The van der Waals surface area contributed by atoms with Crippen LogP contribution in [0.4, 0.5) is 5.69 Å². The fraction of sp³-hybridized carbons (Fsp3) is 0.300. The van der Waals surface area contributed by atoms with Gasteiger partial charge in [-0.15, -0.1) is 0 Å². The van der Waals surface area contributed by atoms with E-state index in [0.29, 0.717) is 6.54 Å². The van der Waals surface area contributed by atoms with Crippen LogP contribution in [0.3, 0.4) is 0 Å². The maximum Gasteiger partial charge on any atom is 0.273 e. The summed E-state index contributed by atoms with van der Waals surface area (Å²) in [5.74, 6) is -0.192. The molecule has 7 heteroatoms. The van der Waals surface area contributed by atoms with E-state index in [1.165, 1.54) is 18.2 Å². The zero-order valence-electron chi connectivity index (χ0n) is 9.10. The number of rotatable bonds is 5. The number of nitro benzene ring substituents is 1. The number of likely N-dealkylation sites (N-methyl/N-ethyl adjacent to an activating group) is 1. The summed E-state index contributed by atoms with van der Waals surface area (Å²) < 4.78 is 5.09. The topological polar surface area (TPSA) is 81.5 Å². The molecule has 1 amide bonds. The predicted molar refractivity (Wildman–Crippen MR) is 62.3 cm³/mol. The Bertz CT molecular complexity index is 436. The molecule has 0 fully saturated rings. The van der Waals surface area contributed by atoms with E-state index < -0.39 is 4.92 Å². The molecule has 0 spiro atoms. The molecule has 0 aliphatic heterocycles. The van der Waals surface area contributed by atoms with E-state index in [-0.39, 0.29) is 29.0 Å². The van der Waals surface area contributed by atoms with Gasteiger partial charge in [-0.2, -0.15) is 0 Å². The number of carbonyl (C=O) groups is 1. The van der Waals surface area contributed by atoms with Crippen molar-refractivity contribution in [3.63, 3.8) is 0 Å². The van der Waals surface area contributed by atoms with Crippen LogP contribution in [0.1, 0.15) is 6.92 Å². The van der Waals surface area contributed by atoms with Crippen LogP contribution in [0, 0.1) is 10.1 Å². The van der Waals surface area contributed by atoms with Crippen molar-refractivity contribution in [2.45, 2.75) is 6.92 Å². The molecule has 6 nitrogen and oxygen atoms in total. The van der Waals surface area contributed by atoms with Crippen molar-refractivity contribution in [1.29, 1.82) is 0 Å². The molecule has 0 saturated carbocycles. The second-order valence-corrected chi connectivity index (χ2v) is 3.52. The predicted octanol–water partition coefficient (Wildman–Crippen LogP) is 1.76. The van der Waals surface area contributed by atoms with Crippen molar-refractivity contribution >= 4 is 23.2 Å². The summed E-state index contributed by atoms with van der Waals surface area (Å²) in [4.78, 5) is 21.1. The van der Waals surface area contributed by atoms with Gasteiger partial charge in [0.15, 0.2) is 6.61 Å². The van der Waals surface area contributed by atoms with Crippen LogP contribution in [0.5, 0.6) is 5.75 Å². The van der Waals surface area contributed by atoms with Crippen LogP contribution >= 0.6 is 11.6 Å². The van der Waals surface area contributed by atoms with Gasteiger partial charge < -0.3 is 10.1 Å². The summed E-state index contributed by atoms with van der Waals surface area (Å²) in [5.41, 5.74) is -0.139. The van der Waals surface area contributed by atoms with Gasteiger partial charge in [0.25, 0.3) is 11.6 Å². The highest BCUT2D eigenvalue weighted by molar-refractivity contribution is 6.32. The van der Waals surface area contributed by atoms with E-state index in [1.54, 1.807) is 6.92 Å². The molecular formula is C10H11ClN2O4. The first kappa shape index (κ1) is 13.2. The van der Waals surface area contributed by atoms with E-state index in [9.17, 15) is 14.9 Å². The highest BCUT2D eigenvalue weighted by Gasteiger charge is 2.11. The van der Waals surface area contributed by atoms with Crippen molar-refractivity contribution in [2.75, 3.05) is 13.2 Å². The number of ether oxygens (including phenoxy) is 1. The molecule has 92 valence electrons. The third-order valence-corrected chi connectivity index (χ3v) is 2.17. The lowest BCUT2D eigenvalue weighted by Gasteiger charge is -2.07. The number of non-ortho nitro benzene ring substituents is 1. The smallest absolute Gasteiger partial charge is 0.273 e. The molecule has 0 aromatic heterocycles. The molecule has 0 heterocycles. The van der Waals surface area contributed by atoms with E-state index in [4.69, 9.17) is 16.3 Å². The maximum atomic E-state index is 11.1. The first-order valence-corrected chi connectivity index (χ1v) is 5.25. The van der Waals surface area contributed by atoms with Gasteiger partial charge >= 0.3 is 0 Å². The largest absolute Gasteiger partial charge is 0.482 e. The number of nitrogens with one attached hydrogen (secondary N) is 1. The molecule has 1 aromatic carbocycles. The summed E-state index contributed by atoms with van der Waals surface area (Å²) in [6.45, 7) is 2.04. The number of nitro groups is 1. The summed E-state index contributed by atoms with van der Waals surface area (Å²) in [5, 5.41) is 13.3. The Morgan fingerprint density at radius 3 is 2.88 bits per heavy atom. The van der Waals surface area contributed by atoms with Gasteiger partial charge in [-0.3, -0.25) is 14.9 Å². The van der Waals surface area contributed by atoms with Crippen LogP contribution < -0.4 is 10.1 Å². The van der Waals surface area contributed by atoms with Crippen molar-refractivity contribution in [1.82, 2.24) is 5.32 Å². The SMILES string of the molecule is CCNC(=O)COc1cc([N+](=O)[O-])ccc1Cl. The van der Waals surface area contributed by atoms with E-state index in [1.807, 2.05) is 0 Å². The normalized spacial score (nSPS) is 9.76. The minimum atomic E-state index is -0.560. The Labute approximate surface area is 103 Å². The minimum Gasteiger partial charge on any atom is -0.482 e. The monoisotopic (exact) mass is 258 g/mol. The highest BCUT2D eigenvalue weighted by atomic mass is 35.5. The number of benzene rings is 1. The van der Waals surface area contributed by atoms with E-state index in [2.05, 4.69) is 5.32 Å². The molecule has 17 heavy (non-hydrogen) atoms. The number of hydrogen-bond donors (Lipinski definition) is 1. The Balaban J connectivity index is 2.73. The van der Waals surface area contributed by atoms with Crippen LogP contribution in [-0.2, 0) is 4.79 Å². The minimum absolute atomic E-state index is 0.118. The molecule has 0 unspecified atom stereocenters. The number of carbonyl (C=O) groups excluding carboxylic acids is 1. The summed E-state index contributed by atoms with van der Waals surface area (Å²) in [6, 6.07) is 3.80. The van der Waals surface area contributed by atoms with Crippen molar-refractivity contribution in [3.05, 3.63) is 33.3 Å². The Hall–Kier alpha value is -1.82. The van der Waals surface area contributed by atoms with Crippen LogP contribution in [0.2, 0.25) is 5.02 Å². The molecular weight excluding hydrogens is 248 g/mol. The number of nitrogens with zero attached hydrogens (tertiary/aromatic N) is 1. The van der Waals surface area contributed by atoms with Crippen LogP contribution in [0.25, 0.3) is 0 Å². The summed E-state index contributed by atoms with van der Waals surface area (Å²) in [6.07, 6.45) is 0. The lowest BCUT2D eigenvalue weighted by Crippen LogP contribution is -2.28. The first-order chi connectivity index (χ1) is 8.04. The zero-order chi connectivity index (χ0) is 12.8. The van der Waals surface area contributed by atoms with Crippen molar-refractivity contribution in [3.8, 4) is 5.75 Å². The van der Waals surface area contributed by atoms with Gasteiger partial charge in [-0.05, 0) is 13.0 Å². The van der Waals surface area contributed by atoms with Crippen molar-refractivity contribution < 1.29 is 14.5 Å². The molecule has 0 saturated heterocycles. The van der Waals surface area contributed by atoms with Gasteiger partial charge in [0.05, 0.1) is 16.0 Å². The van der Waals surface area contributed by atoms with Gasteiger partial charge in [0.1, 0.15) is 5.75 Å². The number of amides is 1.